The first-order chi connectivity index (χ1) is 14.5. The summed E-state index contributed by atoms with van der Waals surface area (Å²) < 4.78 is 0. The number of amides is 1. The molecule has 1 aromatic carbocycles. The van der Waals surface area contributed by atoms with Crippen LogP contribution in [0.25, 0.3) is 0 Å². The van der Waals surface area contributed by atoms with Gasteiger partial charge in [-0.3, -0.25) is 14.8 Å². The Morgan fingerprint density at radius 3 is 2.57 bits per heavy atom. The van der Waals surface area contributed by atoms with E-state index in [4.69, 9.17) is 4.98 Å². The zero-order valence-corrected chi connectivity index (χ0v) is 17.9. The third-order valence-electron chi connectivity index (χ3n) is 7.01. The highest BCUT2D eigenvalue weighted by molar-refractivity contribution is 5.80. The van der Waals surface area contributed by atoms with Crippen LogP contribution in [0.15, 0.2) is 42.5 Å². The van der Waals surface area contributed by atoms with Crippen molar-refractivity contribution in [2.24, 2.45) is 11.3 Å². The van der Waals surface area contributed by atoms with Gasteiger partial charge in [0.25, 0.3) is 0 Å². The largest absolute Gasteiger partial charge is 0.341 e. The lowest BCUT2D eigenvalue weighted by Crippen LogP contribution is -2.62. The van der Waals surface area contributed by atoms with Gasteiger partial charge in [-0.05, 0) is 18.4 Å². The van der Waals surface area contributed by atoms with Crippen LogP contribution in [-0.4, -0.2) is 57.1 Å². The number of hydrogen-bond acceptors (Lipinski definition) is 4. The number of carbonyl (C=O) groups is 1. The van der Waals surface area contributed by atoms with Crippen molar-refractivity contribution in [2.45, 2.75) is 45.1 Å². The standard InChI is InChI=1S/C24H31N5O/c1-17(2)21-25-22(27-26-21)20-13-28(12-18-8-4-3-5-9-18)14-24(20)15-29(16-24)23(30)19-10-6-7-11-19/h3-9,17,19-20H,10-16H2,1-2H3,(H,25,26,27). The van der Waals surface area contributed by atoms with Crippen molar-refractivity contribution in [2.75, 3.05) is 26.2 Å². The summed E-state index contributed by atoms with van der Waals surface area (Å²) in [7, 11) is 0. The fourth-order valence-corrected chi connectivity index (χ4v) is 5.38. The maximum atomic E-state index is 12.9. The molecule has 1 aromatic heterocycles. The average Bonchev–Trinajstić information content (AvgIpc) is 3.46. The zero-order chi connectivity index (χ0) is 20.7. The summed E-state index contributed by atoms with van der Waals surface area (Å²) in [5.74, 6) is 2.94. The third-order valence-corrected chi connectivity index (χ3v) is 7.01. The smallest absolute Gasteiger partial charge is 0.226 e. The lowest BCUT2D eigenvalue weighted by atomic mass is 9.70. The molecule has 3 heterocycles. The maximum absolute atomic E-state index is 12.9. The Labute approximate surface area is 178 Å². The summed E-state index contributed by atoms with van der Waals surface area (Å²) in [4.78, 5) is 22.4. The molecule has 158 valence electrons. The minimum atomic E-state index is 0.0737. The van der Waals surface area contributed by atoms with Gasteiger partial charge in [0.15, 0.2) is 5.82 Å². The number of allylic oxidation sites excluding steroid dienone is 2. The van der Waals surface area contributed by atoms with Crippen molar-refractivity contribution in [3.63, 3.8) is 0 Å². The molecule has 3 aliphatic rings. The van der Waals surface area contributed by atoms with Gasteiger partial charge in [0.1, 0.15) is 5.82 Å². The average molecular weight is 406 g/mol. The van der Waals surface area contributed by atoms with Crippen LogP contribution in [0.2, 0.25) is 0 Å². The SMILES string of the molecule is CC(C)c1n[nH]c(C2CN(Cc3ccccc3)CC23CN(C(=O)C2CC=CC2)C3)n1. The van der Waals surface area contributed by atoms with Crippen molar-refractivity contribution < 1.29 is 4.79 Å². The second-order valence-electron chi connectivity index (χ2n) is 9.64. The normalized spacial score (nSPS) is 23.6. The quantitative estimate of drug-likeness (QED) is 0.775. The van der Waals surface area contributed by atoms with Crippen LogP contribution in [0, 0.1) is 11.3 Å². The molecule has 2 aromatic rings. The van der Waals surface area contributed by atoms with Crippen LogP contribution in [-0.2, 0) is 11.3 Å². The summed E-state index contributed by atoms with van der Waals surface area (Å²) in [6.07, 6.45) is 6.07. The highest BCUT2D eigenvalue weighted by Gasteiger charge is 2.57. The number of aromatic nitrogens is 3. The van der Waals surface area contributed by atoms with Gasteiger partial charge in [-0.15, -0.1) is 0 Å². The lowest BCUT2D eigenvalue weighted by molar-refractivity contribution is -0.147. The van der Waals surface area contributed by atoms with Gasteiger partial charge >= 0.3 is 0 Å². The first-order valence-electron chi connectivity index (χ1n) is 11.2. The van der Waals surface area contributed by atoms with E-state index in [-0.39, 0.29) is 17.3 Å². The van der Waals surface area contributed by atoms with Crippen LogP contribution >= 0.6 is 0 Å². The topological polar surface area (TPSA) is 65.1 Å². The van der Waals surface area contributed by atoms with E-state index in [0.717, 1.165) is 57.2 Å². The molecule has 2 saturated heterocycles. The van der Waals surface area contributed by atoms with Crippen molar-refractivity contribution in [1.29, 1.82) is 0 Å². The van der Waals surface area contributed by atoms with Gasteiger partial charge in [0.05, 0.1) is 0 Å². The predicted molar refractivity (Wildman–Crippen MR) is 116 cm³/mol. The highest BCUT2D eigenvalue weighted by atomic mass is 16.2. The number of nitrogens with zero attached hydrogens (tertiary/aromatic N) is 4. The second-order valence-corrected chi connectivity index (χ2v) is 9.64. The Morgan fingerprint density at radius 1 is 1.17 bits per heavy atom. The second kappa shape index (κ2) is 7.65. The van der Waals surface area contributed by atoms with E-state index in [1.165, 1.54) is 5.56 Å². The first-order valence-corrected chi connectivity index (χ1v) is 11.2. The number of benzene rings is 1. The van der Waals surface area contributed by atoms with Crippen molar-refractivity contribution >= 4 is 5.91 Å². The molecule has 1 spiro atoms. The molecule has 0 radical (unpaired) electrons. The minimum Gasteiger partial charge on any atom is -0.341 e. The molecule has 0 saturated carbocycles. The molecule has 0 bridgehead atoms. The minimum absolute atomic E-state index is 0.0737. The summed E-state index contributed by atoms with van der Waals surface area (Å²) in [5, 5.41) is 7.70. The molecule has 1 N–H and O–H groups in total. The number of rotatable bonds is 5. The molecule has 6 nitrogen and oxygen atoms in total. The van der Waals surface area contributed by atoms with E-state index in [1.807, 2.05) is 0 Å². The molecule has 1 aliphatic carbocycles. The maximum Gasteiger partial charge on any atom is 0.226 e. The molecule has 5 rings (SSSR count). The zero-order valence-electron chi connectivity index (χ0n) is 17.9. The van der Waals surface area contributed by atoms with E-state index in [9.17, 15) is 4.79 Å². The van der Waals surface area contributed by atoms with E-state index in [0.29, 0.717) is 11.8 Å². The third kappa shape index (κ3) is 3.47. The Bertz CT molecular complexity index is 920. The number of likely N-dealkylation sites (tertiary alicyclic amines) is 2. The van der Waals surface area contributed by atoms with Crippen LogP contribution in [0.1, 0.15) is 55.7 Å². The van der Waals surface area contributed by atoms with Crippen molar-refractivity contribution in [1.82, 2.24) is 25.0 Å². The van der Waals surface area contributed by atoms with Gasteiger partial charge in [0, 0.05) is 55.9 Å². The van der Waals surface area contributed by atoms with Crippen LogP contribution < -0.4 is 0 Å². The Balaban J connectivity index is 1.35. The molecular formula is C24H31N5O. The number of hydrogen-bond donors (Lipinski definition) is 1. The molecule has 2 fully saturated rings. The molecule has 2 aliphatic heterocycles. The highest BCUT2D eigenvalue weighted by Crippen LogP contribution is 2.49. The molecule has 30 heavy (non-hydrogen) atoms. The summed E-state index contributed by atoms with van der Waals surface area (Å²) >= 11 is 0. The molecule has 6 heteroatoms. The van der Waals surface area contributed by atoms with Gasteiger partial charge in [0.2, 0.25) is 5.91 Å². The molecule has 1 amide bonds. The number of aromatic amines is 1. The van der Waals surface area contributed by atoms with Crippen molar-refractivity contribution in [3.8, 4) is 0 Å². The summed E-state index contributed by atoms with van der Waals surface area (Å²) in [6, 6.07) is 10.6. The van der Waals surface area contributed by atoms with Gasteiger partial charge in [-0.2, -0.15) is 5.10 Å². The van der Waals surface area contributed by atoms with Gasteiger partial charge in [-0.1, -0.05) is 56.3 Å². The number of nitrogens with one attached hydrogen (secondary N) is 1. The fourth-order valence-electron chi connectivity index (χ4n) is 5.38. The number of carbonyl (C=O) groups excluding carboxylic acids is 1. The van der Waals surface area contributed by atoms with Gasteiger partial charge in [-0.25, -0.2) is 4.98 Å². The molecule has 1 atom stereocenters. The molecular weight excluding hydrogens is 374 g/mol. The Morgan fingerprint density at radius 2 is 1.90 bits per heavy atom. The lowest BCUT2D eigenvalue weighted by Gasteiger charge is -2.51. The van der Waals surface area contributed by atoms with Crippen LogP contribution in [0.3, 0.4) is 0 Å². The van der Waals surface area contributed by atoms with E-state index in [2.05, 4.69) is 76.3 Å². The Hall–Kier alpha value is -2.47. The molecule has 1 unspecified atom stereocenters. The van der Waals surface area contributed by atoms with Gasteiger partial charge < -0.3 is 4.90 Å². The fraction of sp³-hybridized carbons (Fsp3) is 0.542. The van der Waals surface area contributed by atoms with E-state index < -0.39 is 0 Å². The van der Waals surface area contributed by atoms with E-state index in [1.54, 1.807) is 0 Å². The summed E-state index contributed by atoms with van der Waals surface area (Å²) in [6.45, 7) is 8.79. The van der Waals surface area contributed by atoms with Crippen molar-refractivity contribution in [3.05, 3.63) is 59.7 Å². The monoisotopic (exact) mass is 405 g/mol. The first kappa shape index (κ1) is 19.5. The number of H-pyrrole nitrogens is 1. The Kier molecular flexibility index (Phi) is 4.97. The predicted octanol–water partition coefficient (Wildman–Crippen LogP) is 3.32. The van der Waals surface area contributed by atoms with Crippen LogP contribution in [0.5, 0.6) is 0 Å². The summed E-state index contributed by atoms with van der Waals surface area (Å²) in [5.41, 5.74) is 1.41. The van der Waals surface area contributed by atoms with E-state index >= 15 is 0 Å². The van der Waals surface area contributed by atoms with Crippen LogP contribution in [0.4, 0.5) is 0 Å².